The van der Waals surface area contributed by atoms with Gasteiger partial charge in [0.05, 0.1) is 5.69 Å². The van der Waals surface area contributed by atoms with E-state index in [1.165, 1.54) is 6.42 Å². The molecule has 1 aliphatic rings. The Bertz CT molecular complexity index is 850. The highest BCUT2D eigenvalue weighted by atomic mass is 16.2. The normalized spacial score (nSPS) is 14.8. The van der Waals surface area contributed by atoms with Crippen LogP contribution in [0.15, 0.2) is 54.9 Å². The van der Waals surface area contributed by atoms with E-state index in [9.17, 15) is 4.79 Å². The molecule has 3 heterocycles. The number of aromatic nitrogens is 2. The van der Waals surface area contributed by atoms with Crippen molar-refractivity contribution >= 4 is 17.4 Å². The highest BCUT2D eigenvalue weighted by molar-refractivity contribution is 5.90. The van der Waals surface area contributed by atoms with Crippen LogP contribution < -0.4 is 5.32 Å². The van der Waals surface area contributed by atoms with Gasteiger partial charge in [-0.2, -0.15) is 0 Å². The van der Waals surface area contributed by atoms with Gasteiger partial charge in [0.1, 0.15) is 5.65 Å². The number of anilines is 1. The molecule has 5 heteroatoms. The Morgan fingerprint density at radius 3 is 2.62 bits per heavy atom. The average Bonchev–Trinajstić information content (AvgIpc) is 3.06. The van der Waals surface area contributed by atoms with Crippen LogP contribution in [0.2, 0.25) is 0 Å². The van der Waals surface area contributed by atoms with Gasteiger partial charge >= 0.3 is 6.03 Å². The molecule has 4 rings (SSSR count). The zero-order chi connectivity index (χ0) is 16.4. The summed E-state index contributed by atoms with van der Waals surface area (Å²) < 4.78 is 1.97. The number of imidazole rings is 1. The quantitative estimate of drug-likeness (QED) is 0.775. The van der Waals surface area contributed by atoms with Crippen molar-refractivity contribution in [2.75, 3.05) is 18.4 Å². The summed E-state index contributed by atoms with van der Waals surface area (Å²) >= 11 is 0. The van der Waals surface area contributed by atoms with Crippen LogP contribution in [0.25, 0.3) is 16.9 Å². The van der Waals surface area contributed by atoms with Crippen LogP contribution in [-0.4, -0.2) is 33.4 Å². The number of carbonyl (C=O) groups is 1. The Kier molecular flexibility index (Phi) is 3.91. The molecule has 0 aliphatic carbocycles. The van der Waals surface area contributed by atoms with E-state index in [1.54, 1.807) is 0 Å². The number of nitrogens with zero attached hydrogens (tertiary/aromatic N) is 3. The molecule has 1 aromatic carbocycles. The number of pyridine rings is 1. The van der Waals surface area contributed by atoms with Crippen molar-refractivity contribution in [3.63, 3.8) is 0 Å². The summed E-state index contributed by atoms with van der Waals surface area (Å²) in [5, 5.41) is 2.99. The van der Waals surface area contributed by atoms with E-state index in [0.29, 0.717) is 0 Å². The van der Waals surface area contributed by atoms with E-state index in [-0.39, 0.29) is 6.03 Å². The first-order valence-electron chi connectivity index (χ1n) is 8.40. The van der Waals surface area contributed by atoms with Gasteiger partial charge in [-0.05, 0) is 25.3 Å². The molecular formula is C19H20N4O. The number of hydrogen-bond acceptors (Lipinski definition) is 2. The minimum absolute atomic E-state index is 0.0195. The van der Waals surface area contributed by atoms with Crippen LogP contribution in [0.5, 0.6) is 0 Å². The molecule has 1 N–H and O–H groups in total. The second kappa shape index (κ2) is 6.35. The summed E-state index contributed by atoms with van der Waals surface area (Å²) in [6.45, 7) is 1.69. The SMILES string of the molecule is O=C(Nc1ccn2cc(-c3ccccc3)nc2c1)N1CCCCC1. The molecule has 122 valence electrons. The van der Waals surface area contributed by atoms with Crippen LogP contribution in [-0.2, 0) is 0 Å². The van der Waals surface area contributed by atoms with Crippen molar-refractivity contribution in [3.05, 3.63) is 54.9 Å². The summed E-state index contributed by atoms with van der Waals surface area (Å²) in [5.41, 5.74) is 3.61. The monoisotopic (exact) mass is 320 g/mol. The molecule has 3 aromatic rings. The van der Waals surface area contributed by atoms with Crippen LogP contribution >= 0.6 is 0 Å². The van der Waals surface area contributed by atoms with E-state index >= 15 is 0 Å². The second-order valence-electron chi connectivity index (χ2n) is 6.15. The third-order valence-electron chi connectivity index (χ3n) is 4.42. The lowest BCUT2D eigenvalue weighted by molar-refractivity contribution is 0.200. The van der Waals surface area contributed by atoms with Gasteiger partial charge in [-0.3, -0.25) is 0 Å². The maximum absolute atomic E-state index is 12.3. The first-order valence-corrected chi connectivity index (χ1v) is 8.40. The summed E-state index contributed by atoms with van der Waals surface area (Å²) in [4.78, 5) is 18.9. The predicted octanol–water partition coefficient (Wildman–Crippen LogP) is 4.02. The molecule has 2 aromatic heterocycles. The number of fused-ring (bicyclic) bond motifs is 1. The molecule has 0 saturated carbocycles. The number of likely N-dealkylation sites (tertiary alicyclic amines) is 1. The zero-order valence-electron chi connectivity index (χ0n) is 13.5. The Hall–Kier alpha value is -2.82. The molecule has 24 heavy (non-hydrogen) atoms. The highest BCUT2D eigenvalue weighted by Crippen LogP contribution is 2.21. The molecule has 0 bridgehead atoms. The van der Waals surface area contributed by atoms with E-state index in [0.717, 1.165) is 48.5 Å². The summed E-state index contributed by atoms with van der Waals surface area (Å²) in [5.74, 6) is 0. The first-order chi connectivity index (χ1) is 11.8. The summed E-state index contributed by atoms with van der Waals surface area (Å²) in [6, 6.07) is 13.9. The summed E-state index contributed by atoms with van der Waals surface area (Å²) in [6.07, 6.45) is 7.33. The molecule has 0 radical (unpaired) electrons. The molecule has 1 saturated heterocycles. The van der Waals surface area contributed by atoms with Crippen LogP contribution in [0.3, 0.4) is 0 Å². The molecule has 0 unspecified atom stereocenters. The van der Waals surface area contributed by atoms with E-state index in [1.807, 2.05) is 64.2 Å². The van der Waals surface area contributed by atoms with Crippen molar-refractivity contribution in [3.8, 4) is 11.3 Å². The van der Waals surface area contributed by atoms with Gasteiger partial charge in [0.15, 0.2) is 0 Å². The van der Waals surface area contributed by atoms with Crippen LogP contribution in [0.1, 0.15) is 19.3 Å². The number of nitrogens with one attached hydrogen (secondary N) is 1. The smallest absolute Gasteiger partial charge is 0.321 e. The van der Waals surface area contributed by atoms with E-state index in [4.69, 9.17) is 0 Å². The van der Waals surface area contributed by atoms with Gasteiger partial charge in [-0.1, -0.05) is 30.3 Å². The maximum Gasteiger partial charge on any atom is 0.321 e. The van der Waals surface area contributed by atoms with Gasteiger partial charge in [-0.25, -0.2) is 9.78 Å². The predicted molar refractivity (Wildman–Crippen MR) is 95.1 cm³/mol. The van der Waals surface area contributed by atoms with Gasteiger partial charge in [0.2, 0.25) is 0 Å². The zero-order valence-corrected chi connectivity index (χ0v) is 13.5. The Morgan fingerprint density at radius 1 is 1.04 bits per heavy atom. The van der Waals surface area contributed by atoms with Crippen LogP contribution in [0.4, 0.5) is 10.5 Å². The molecule has 0 spiro atoms. The number of urea groups is 1. The maximum atomic E-state index is 12.3. The minimum Gasteiger partial charge on any atom is -0.325 e. The Morgan fingerprint density at radius 2 is 1.83 bits per heavy atom. The van der Waals surface area contributed by atoms with Crippen molar-refractivity contribution < 1.29 is 4.79 Å². The Labute approximate surface area is 140 Å². The fourth-order valence-corrected chi connectivity index (χ4v) is 3.11. The first kappa shape index (κ1) is 14.8. The highest BCUT2D eigenvalue weighted by Gasteiger charge is 2.16. The second-order valence-corrected chi connectivity index (χ2v) is 6.15. The fraction of sp³-hybridized carbons (Fsp3) is 0.263. The number of amides is 2. The standard InChI is InChI=1S/C19H20N4O/c24-19(22-10-5-2-6-11-22)20-16-9-12-23-14-17(21-18(23)13-16)15-7-3-1-4-8-15/h1,3-4,7-9,12-14H,2,5-6,10-11H2,(H,20,24). The molecule has 1 aliphatic heterocycles. The van der Waals surface area contributed by atoms with Crippen LogP contribution in [0, 0.1) is 0 Å². The lowest BCUT2D eigenvalue weighted by Gasteiger charge is -2.26. The van der Waals surface area contributed by atoms with Crippen molar-refractivity contribution in [1.29, 1.82) is 0 Å². The van der Waals surface area contributed by atoms with Gasteiger partial charge < -0.3 is 14.6 Å². The molecule has 1 fully saturated rings. The molecule has 2 amide bonds. The largest absolute Gasteiger partial charge is 0.325 e. The van der Waals surface area contributed by atoms with Crippen molar-refractivity contribution in [2.45, 2.75) is 19.3 Å². The van der Waals surface area contributed by atoms with E-state index < -0.39 is 0 Å². The third kappa shape index (κ3) is 2.97. The minimum atomic E-state index is -0.0195. The lowest BCUT2D eigenvalue weighted by Crippen LogP contribution is -2.38. The van der Waals surface area contributed by atoms with Gasteiger partial charge in [0, 0.05) is 42.8 Å². The number of carbonyl (C=O) groups excluding carboxylic acids is 1. The summed E-state index contributed by atoms with van der Waals surface area (Å²) in [7, 11) is 0. The number of rotatable bonds is 2. The van der Waals surface area contributed by atoms with Crippen molar-refractivity contribution in [2.24, 2.45) is 0 Å². The Balaban J connectivity index is 1.56. The van der Waals surface area contributed by atoms with Crippen molar-refractivity contribution in [1.82, 2.24) is 14.3 Å². The molecular weight excluding hydrogens is 300 g/mol. The number of piperidine rings is 1. The fourth-order valence-electron chi connectivity index (χ4n) is 3.11. The third-order valence-corrected chi connectivity index (χ3v) is 4.42. The average molecular weight is 320 g/mol. The lowest BCUT2D eigenvalue weighted by atomic mass is 10.1. The topological polar surface area (TPSA) is 49.6 Å². The molecule has 0 atom stereocenters. The van der Waals surface area contributed by atoms with E-state index in [2.05, 4.69) is 10.3 Å². The number of benzene rings is 1. The number of hydrogen-bond donors (Lipinski definition) is 1. The molecule has 5 nitrogen and oxygen atoms in total. The van der Waals surface area contributed by atoms with Gasteiger partial charge in [-0.15, -0.1) is 0 Å². The van der Waals surface area contributed by atoms with Gasteiger partial charge in [0.25, 0.3) is 0 Å².